The number of alkyl halides is 3. The van der Waals surface area contributed by atoms with Crippen molar-refractivity contribution in [1.29, 1.82) is 0 Å². The van der Waals surface area contributed by atoms with Crippen molar-refractivity contribution in [2.24, 2.45) is 0 Å². The smallest absolute Gasteiger partial charge is 0.416 e. The molecule has 5 aromatic rings. The summed E-state index contributed by atoms with van der Waals surface area (Å²) in [5.74, 6) is -0.217. The Morgan fingerprint density at radius 3 is 2.46 bits per heavy atom. The topological polar surface area (TPSA) is 75.2 Å². The molecule has 2 heterocycles. The molecular weight excluding hydrogens is 525 g/mol. The van der Waals surface area contributed by atoms with Crippen LogP contribution in [0.1, 0.15) is 33.7 Å². The first kappa shape index (κ1) is 26.5. The highest BCUT2D eigenvalue weighted by atomic mass is 32.1. The van der Waals surface area contributed by atoms with Gasteiger partial charge >= 0.3 is 12.1 Å². The van der Waals surface area contributed by atoms with Gasteiger partial charge in [0.2, 0.25) is 0 Å². The normalized spacial score (nSPS) is 11.7. The van der Waals surface area contributed by atoms with Gasteiger partial charge in [-0.25, -0.2) is 4.98 Å². The third-order valence-electron chi connectivity index (χ3n) is 6.45. The SMILES string of the molecule is O=C(O)CCc1c[nH]c2ccc(OCc3sc(-c4ccc(C(F)(F)F)cc4)nc3CCc3ccccc3)cc12. The fourth-order valence-electron chi connectivity index (χ4n) is 4.37. The first-order chi connectivity index (χ1) is 18.8. The fourth-order valence-corrected chi connectivity index (χ4v) is 5.40. The van der Waals surface area contributed by atoms with Crippen molar-refractivity contribution in [3.8, 4) is 16.3 Å². The Balaban J connectivity index is 1.38. The molecule has 3 aromatic carbocycles. The molecule has 0 radical (unpaired) electrons. The molecule has 0 atom stereocenters. The molecule has 0 aliphatic carbocycles. The van der Waals surface area contributed by atoms with Crippen molar-refractivity contribution in [3.63, 3.8) is 0 Å². The van der Waals surface area contributed by atoms with E-state index < -0.39 is 17.7 Å². The summed E-state index contributed by atoms with van der Waals surface area (Å²) in [4.78, 5) is 19.9. The van der Waals surface area contributed by atoms with Crippen molar-refractivity contribution >= 4 is 28.2 Å². The average molecular weight is 551 g/mol. The van der Waals surface area contributed by atoms with E-state index in [4.69, 9.17) is 14.8 Å². The molecule has 0 amide bonds. The van der Waals surface area contributed by atoms with Crippen molar-refractivity contribution in [1.82, 2.24) is 9.97 Å². The number of nitrogens with zero attached hydrogens (tertiary/aromatic N) is 1. The number of hydrogen-bond donors (Lipinski definition) is 2. The molecule has 0 bridgehead atoms. The molecule has 0 fully saturated rings. The van der Waals surface area contributed by atoms with E-state index in [9.17, 15) is 18.0 Å². The molecule has 0 spiro atoms. The van der Waals surface area contributed by atoms with Crippen LogP contribution >= 0.6 is 11.3 Å². The standard InChI is InChI=1S/C30H25F3N2O3S/c31-30(32,33)22-10-7-20(8-11-22)29-35-26(13-6-19-4-2-1-3-5-19)27(39-29)18-38-23-12-14-25-24(16-23)21(17-34-25)9-15-28(36)37/h1-5,7-8,10-12,14,16-17,34H,6,9,13,15,18H2,(H,36,37). The van der Waals surface area contributed by atoms with E-state index in [1.165, 1.54) is 29.0 Å². The Bertz CT molecular complexity index is 1580. The number of halogens is 3. The highest BCUT2D eigenvalue weighted by Gasteiger charge is 2.30. The van der Waals surface area contributed by atoms with Gasteiger partial charge in [-0.15, -0.1) is 11.3 Å². The second-order valence-corrected chi connectivity index (χ2v) is 10.2. The highest BCUT2D eigenvalue weighted by Crippen LogP contribution is 2.34. The molecule has 0 saturated heterocycles. The van der Waals surface area contributed by atoms with Crippen molar-refractivity contribution in [2.45, 2.75) is 38.5 Å². The third-order valence-corrected chi connectivity index (χ3v) is 7.57. The van der Waals surface area contributed by atoms with Crippen LogP contribution in [-0.4, -0.2) is 21.0 Å². The minimum absolute atomic E-state index is 0.0381. The van der Waals surface area contributed by atoms with Crippen LogP contribution in [0.3, 0.4) is 0 Å². The molecule has 5 rings (SSSR count). The first-order valence-electron chi connectivity index (χ1n) is 12.4. The lowest BCUT2D eigenvalue weighted by atomic mass is 10.1. The number of fused-ring (bicyclic) bond motifs is 1. The lowest BCUT2D eigenvalue weighted by Gasteiger charge is -2.07. The Kier molecular flexibility index (Phi) is 7.70. The lowest BCUT2D eigenvalue weighted by molar-refractivity contribution is -0.138. The van der Waals surface area contributed by atoms with E-state index in [1.807, 2.05) is 54.7 Å². The van der Waals surface area contributed by atoms with Crippen LogP contribution in [0.5, 0.6) is 5.75 Å². The number of benzene rings is 3. The molecular formula is C30H25F3N2O3S. The Labute approximate surface area is 226 Å². The van der Waals surface area contributed by atoms with Gasteiger partial charge < -0.3 is 14.8 Å². The Morgan fingerprint density at radius 2 is 1.74 bits per heavy atom. The number of nitrogens with one attached hydrogen (secondary N) is 1. The van der Waals surface area contributed by atoms with Gasteiger partial charge in [-0.2, -0.15) is 13.2 Å². The third kappa shape index (κ3) is 6.49. The summed E-state index contributed by atoms with van der Waals surface area (Å²) in [5.41, 5.74) is 3.75. The zero-order valence-corrected chi connectivity index (χ0v) is 21.6. The fraction of sp³-hybridized carbons (Fsp3) is 0.200. The predicted molar refractivity (Wildman–Crippen MR) is 145 cm³/mol. The largest absolute Gasteiger partial charge is 0.488 e. The number of aromatic amines is 1. The number of rotatable bonds is 10. The molecule has 0 aliphatic rings. The zero-order valence-electron chi connectivity index (χ0n) is 20.8. The quantitative estimate of drug-likeness (QED) is 0.187. The second kappa shape index (κ2) is 11.3. The number of carboxylic acids is 1. The van der Waals surface area contributed by atoms with E-state index in [1.54, 1.807) is 0 Å². The van der Waals surface area contributed by atoms with Gasteiger partial charge in [0.15, 0.2) is 0 Å². The van der Waals surface area contributed by atoms with Crippen LogP contribution in [0.2, 0.25) is 0 Å². The van der Waals surface area contributed by atoms with E-state index in [0.717, 1.165) is 45.6 Å². The van der Waals surface area contributed by atoms with Gasteiger partial charge in [-0.3, -0.25) is 4.79 Å². The summed E-state index contributed by atoms with van der Waals surface area (Å²) in [7, 11) is 0. The number of hydrogen-bond acceptors (Lipinski definition) is 4. The number of thiazole rings is 1. The summed E-state index contributed by atoms with van der Waals surface area (Å²) < 4.78 is 45.3. The second-order valence-electron chi connectivity index (χ2n) is 9.15. The predicted octanol–water partition coefficient (Wildman–Crippen LogP) is 7.69. The number of aryl methyl sites for hydroxylation is 3. The maximum atomic E-state index is 13.0. The maximum Gasteiger partial charge on any atom is 0.416 e. The molecule has 5 nitrogen and oxygen atoms in total. The van der Waals surface area contributed by atoms with Crippen molar-refractivity contribution in [3.05, 3.63) is 106 Å². The molecule has 2 aromatic heterocycles. The summed E-state index contributed by atoms with van der Waals surface area (Å²) in [6.45, 7) is 0.253. The van der Waals surface area contributed by atoms with Gasteiger partial charge in [0.05, 0.1) is 16.1 Å². The van der Waals surface area contributed by atoms with E-state index >= 15 is 0 Å². The van der Waals surface area contributed by atoms with Crippen LogP contribution in [0, 0.1) is 0 Å². The lowest BCUT2D eigenvalue weighted by Crippen LogP contribution is -2.03. The van der Waals surface area contributed by atoms with Crippen LogP contribution in [0.4, 0.5) is 13.2 Å². The van der Waals surface area contributed by atoms with Crippen LogP contribution in [-0.2, 0) is 36.8 Å². The summed E-state index contributed by atoms with van der Waals surface area (Å²) in [6.07, 6.45) is -0.694. The number of carboxylic acid groups (broad SMARTS) is 1. The molecule has 39 heavy (non-hydrogen) atoms. The van der Waals surface area contributed by atoms with Gasteiger partial charge in [0.1, 0.15) is 17.4 Å². The van der Waals surface area contributed by atoms with Gasteiger partial charge in [-0.05, 0) is 60.7 Å². The molecule has 0 unspecified atom stereocenters. The van der Waals surface area contributed by atoms with Crippen molar-refractivity contribution in [2.75, 3.05) is 0 Å². The summed E-state index contributed by atoms with van der Waals surface area (Å²) in [5, 5.41) is 10.6. The van der Waals surface area contributed by atoms with Crippen LogP contribution in [0.25, 0.3) is 21.5 Å². The molecule has 200 valence electrons. The van der Waals surface area contributed by atoms with Gasteiger partial charge in [0.25, 0.3) is 0 Å². The van der Waals surface area contributed by atoms with E-state index in [-0.39, 0.29) is 13.0 Å². The summed E-state index contributed by atoms with van der Waals surface area (Å²) >= 11 is 1.41. The Hall–Kier alpha value is -4.11. The van der Waals surface area contributed by atoms with Crippen molar-refractivity contribution < 1.29 is 27.8 Å². The maximum absolute atomic E-state index is 13.0. The van der Waals surface area contributed by atoms with Crippen LogP contribution in [0.15, 0.2) is 79.0 Å². The van der Waals surface area contributed by atoms with E-state index in [0.29, 0.717) is 29.2 Å². The van der Waals surface area contributed by atoms with E-state index in [2.05, 4.69) is 4.98 Å². The number of ether oxygens (including phenoxy) is 1. The number of carbonyl (C=O) groups is 1. The summed E-state index contributed by atoms with van der Waals surface area (Å²) in [6, 6.07) is 20.7. The Morgan fingerprint density at radius 1 is 0.974 bits per heavy atom. The first-order valence-corrected chi connectivity index (χ1v) is 13.2. The zero-order chi connectivity index (χ0) is 27.4. The number of aromatic nitrogens is 2. The number of H-pyrrole nitrogens is 1. The highest BCUT2D eigenvalue weighted by molar-refractivity contribution is 7.15. The average Bonchev–Trinajstić information content (AvgIpc) is 3.53. The minimum atomic E-state index is -4.39. The minimum Gasteiger partial charge on any atom is -0.488 e. The molecule has 0 saturated carbocycles. The van der Waals surface area contributed by atoms with Crippen LogP contribution < -0.4 is 4.74 Å². The number of aliphatic carboxylic acids is 1. The van der Waals surface area contributed by atoms with Gasteiger partial charge in [-0.1, -0.05) is 42.5 Å². The molecule has 0 aliphatic heterocycles. The molecule has 2 N–H and O–H groups in total. The van der Waals surface area contributed by atoms with Gasteiger partial charge in [0, 0.05) is 29.1 Å². The monoisotopic (exact) mass is 550 g/mol. The molecule has 9 heteroatoms.